The lowest BCUT2D eigenvalue weighted by atomic mass is 9.84. The first kappa shape index (κ1) is 15.3. The van der Waals surface area contributed by atoms with Crippen molar-refractivity contribution in [2.75, 3.05) is 26.2 Å². The highest BCUT2D eigenvalue weighted by Crippen LogP contribution is 2.28. The average Bonchev–Trinajstić information content (AvgIpc) is 2.48. The molecule has 2 saturated heterocycles. The number of hydrogen-bond acceptors (Lipinski definition) is 4. The normalized spacial score (nSPS) is 35.3. The van der Waals surface area contributed by atoms with Crippen LogP contribution >= 0.6 is 0 Å². The summed E-state index contributed by atoms with van der Waals surface area (Å²) >= 11 is 0. The van der Waals surface area contributed by atoms with Crippen LogP contribution in [0.25, 0.3) is 0 Å². The molecule has 120 valence electrons. The van der Waals surface area contributed by atoms with Crippen molar-refractivity contribution in [3.63, 3.8) is 0 Å². The van der Waals surface area contributed by atoms with Gasteiger partial charge in [-0.3, -0.25) is 15.0 Å². The number of fused-ring (bicyclic) bond motifs is 1. The Morgan fingerprint density at radius 2 is 2.00 bits per heavy atom. The zero-order valence-corrected chi connectivity index (χ0v) is 12.9. The molecule has 3 atom stereocenters. The minimum Gasteiger partial charge on any atom is -0.480 e. The molecule has 2 aliphatic heterocycles. The predicted molar refractivity (Wildman–Crippen MR) is 82.1 cm³/mol. The van der Waals surface area contributed by atoms with Gasteiger partial charge in [-0.1, -0.05) is 32.1 Å². The van der Waals surface area contributed by atoms with Gasteiger partial charge in [-0.2, -0.15) is 0 Å². The van der Waals surface area contributed by atoms with Crippen LogP contribution in [-0.4, -0.2) is 54.4 Å². The van der Waals surface area contributed by atoms with Crippen molar-refractivity contribution >= 4 is 5.97 Å². The van der Waals surface area contributed by atoms with Gasteiger partial charge in [0.1, 0.15) is 0 Å². The first-order valence-electron chi connectivity index (χ1n) is 8.64. The highest BCUT2D eigenvalue weighted by atomic mass is 16.4. The molecule has 0 bridgehead atoms. The molecule has 0 aromatic carbocycles. The molecule has 3 N–H and O–H groups in total. The summed E-state index contributed by atoms with van der Waals surface area (Å²) in [5.74, 6) is 0.744. The standard InChI is InChI=1S/C16H29N3O2/c20-16(21)11-19-7-6-14-13(10-19)9-17-15(18-14)8-12-4-2-1-3-5-12/h12-15,17-18H,1-11H2,(H,20,21). The molecule has 0 radical (unpaired) electrons. The summed E-state index contributed by atoms with van der Waals surface area (Å²) in [6, 6.07) is 0.574. The van der Waals surface area contributed by atoms with Crippen LogP contribution in [0, 0.1) is 11.8 Å². The van der Waals surface area contributed by atoms with Gasteiger partial charge in [-0.05, 0) is 24.7 Å². The fourth-order valence-corrected chi connectivity index (χ4v) is 4.39. The number of carboxylic acid groups (broad SMARTS) is 1. The maximum atomic E-state index is 10.8. The topological polar surface area (TPSA) is 64.6 Å². The summed E-state index contributed by atoms with van der Waals surface area (Å²) in [4.78, 5) is 12.9. The van der Waals surface area contributed by atoms with Crippen molar-refractivity contribution < 1.29 is 9.90 Å². The lowest BCUT2D eigenvalue weighted by Crippen LogP contribution is -2.63. The van der Waals surface area contributed by atoms with Crippen LogP contribution in [0.4, 0.5) is 0 Å². The fourth-order valence-electron chi connectivity index (χ4n) is 4.39. The van der Waals surface area contributed by atoms with E-state index in [1.54, 1.807) is 0 Å². The number of nitrogens with zero attached hydrogens (tertiary/aromatic N) is 1. The molecule has 3 fully saturated rings. The van der Waals surface area contributed by atoms with Crippen LogP contribution in [0.2, 0.25) is 0 Å². The van der Waals surface area contributed by atoms with Crippen molar-refractivity contribution in [2.45, 2.75) is 57.2 Å². The molecule has 1 aliphatic carbocycles. The summed E-state index contributed by atoms with van der Waals surface area (Å²) < 4.78 is 0. The minimum atomic E-state index is -0.708. The van der Waals surface area contributed by atoms with Crippen LogP contribution in [0.3, 0.4) is 0 Å². The molecule has 3 rings (SSSR count). The molecule has 2 heterocycles. The lowest BCUT2D eigenvalue weighted by molar-refractivity contribution is -0.139. The van der Waals surface area contributed by atoms with E-state index in [1.165, 1.54) is 38.5 Å². The zero-order valence-electron chi connectivity index (χ0n) is 12.9. The Morgan fingerprint density at radius 1 is 1.19 bits per heavy atom. The molecule has 3 aliphatic rings. The highest BCUT2D eigenvalue weighted by Gasteiger charge is 2.35. The summed E-state index contributed by atoms with van der Waals surface area (Å²) in [7, 11) is 0. The minimum absolute atomic E-state index is 0.189. The number of aliphatic carboxylic acids is 1. The maximum Gasteiger partial charge on any atom is 0.317 e. The quantitative estimate of drug-likeness (QED) is 0.728. The number of hydrogen-bond donors (Lipinski definition) is 3. The predicted octanol–water partition coefficient (Wildman–Crippen LogP) is 1.25. The average molecular weight is 295 g/mol. The van der Waals surface area contributed by atoms with E-state index < -0.39 is 5.97 Å². The first-order valence-corrected chi connectivity index (χ1v) is 8.64. The Bertz CT molecular complexity index is 357. The molecule has 3 unspecified atom stereocenters. The summed E-state index contributed by atoms with van der Waals surface area (Å²) in [6.07, 6.45) is 9.87. The van der Waals surface area contributed by atoms with E-state index in [-0.39, 0.29) is 6.54 Å². The number of carboxylic acids is 1. The van der Waals surface area contributed by atoms with Gasteiger partial charge < -0.3 is 10.4 Å². The smallest absolute Gasteiger partial charge is 0.317 e. The van der Waals surface area contributed by atoms with Crippen LogP contribution in [0.1, 0.15) is 44.9 Å². The van der Waals surface area contributed by atoms with Gasteiger partial charge in [0.05, 0.1) is 12.7 Å². The van der Waals surface area contributed by atoms with Crippen molar-refractivity contribution in [1.82, 2.24) is 15.5 Å². The van der Waals surface area contributed by atoms with Crippen molar-refractivity contribution in [3.05, 3.63) is 0 Å². The molecule has 1 saturated carbocycles. The second-order valence-electron chi connectivity index (χ2n) is 7.15. The van der Waals surface area contributed by atoms with E-state index in [1.807, 2.05) is 0 Å². The highest BCUT2D eigenvalue weighted by molar-refractivity contribution is 5.69. The third kappa shape index (κ3) is 4.18. The molecule has 0 aromatic rings. The second-order valence-corrected chi connectivity index (χ2v) is 7.15. The number of likely N-dealkylation sites (tertiary alicyclic amines) is 1. The molecule has 5 nitrogen and oxygen atoms in total. The third-order valence-electron chi connectivity index (χ3n) is 5.51. The molecular formula is C16H29N3O2. The molecule has 0 aromatic heterocycles. The van der Waals surface area contributed by atoms with E-state index in [0.717, 1.165) is 32.0 Å². The Morgan fingerprint density at radius 3 is 2.76 bits per heavy atom. The van der Waals surface area contributed by atoms with E-state index in [4.69, 9.17) is 5.11 Å². The number of carbonyl (C=O) groups is 1. The largest absolute Gasteiger partial charge is 0.480 e. The van der Waals surface area contributed by atoms with Gasteiger partial charge in [0.15, 0.2) is 0 Å². The van der Waals surface area contributed by atoms with E-state index in [2.05, 4.69) is 15.5 Å². The van der Waals surface area contributed by atoms with Crippen LogP contribution in [-0.2, 0) is 4.79 Å². The SMILES string of the molecule is O=C(O)CN1CCC2NC(CC3CCCCC3)NCC2C1. The number of nitrogens with one attached hydrogen (secondary N) is 2. The summed E-state index contributed by atoms with van der Waals surface area (Å²) in [5, 5.41) is 16.4. The second kappa shape index (κ2) is 7.07. The zero-order chi connectivity index (χ0) is 14.7. The van der Waals surface area contributed by atoms with E-state index in [0.29, 0.717) is 18.1 Å². The molecular weight excluding hydrogens is 266 g/mol. The van der Waals surface area contributed by atoms with Crippen LogP contribution in [0.15, 0.2) is 0 Å². The Labute approximate surface area is 127 Å². The van der Waals surface area contributed by atoms with Gasteiger partial charge >= 0.3 is 5.97 Å². The molecule has 0 spiro atoms. The summed E-state index contributed by atoms with van der Waals surface area (Å²) in [5.41, 5.74) is 0. The van der Waals surface area contributed by atoms with E-state index in [9.17, 15) is 4.79 Å². The van der Waals surface area contributed by atoms with Gasteiger partial charge in [-0.25, -0.2) is 0 Å². The van der Waals surface area contributed by atoms with Gasteiger partial charge in [0.2, 0.25) is 0 Å². The lowest BCUT2D eigenvalue weighted by Gasteiger charge is -2.45. The maximum absolute atomic E-state index is 10.8. The Balaban J connectivity index is 1.45. The van der Waals surface area contributed by atoms with Crippen molar-refractivity contribution in [2.24, 2.45) is 11.8 Å². The Kier molecular flexibility index (Phi) is 5.14. The van der Waals surface area contributed by atoms with Gasteiger partial charge in [0, 0.05) is 25.7 Å². The number of piperidine rings is 1. The Hall–Kier alpha value is -0.650. The van der Waals surface area contributed by atoms with Gasteiger partial charge in [0.25, 0.3) is 0 Å². The van der Waals surface area contributed by atoms with Gasteiger partial charge in [-0.15, -0.1) is 0 Å². The number of rotatable bonds is 4. The van der Waals surface area contributed by atoms with Crippen molar-refractivity contribution in [3.8, 4) is 0 Å². The van der Waals surface area contributed by atoms with Crippen LogP contribution < -0.4 is 10.6 Å². The monoisotopic (exact) mass is 295 g/mol. The van der Waals surface area contributed by atoms with Crippen molar-refractivity contribution in [1.29, 1.82) is 0 Å². The summed E-state index contributed by atoms with van der Waals surface area (Å²) in [6.45, 7) is 3.05. The van der Waals surface area contributed by atoms with E-state index >= 15 is 0 Å². The molecule has 21 heavy (non-hydrogen) atoms. The first-order chi connectivity index (χ1) is 10.2. The molecule has 5 heteroatoms. The third-order valence-corrected chi connectivity index (χ3v) is 5.51. The fraction of sp³-hybridized carbons (Fsp3) is 0.938. The van der Waals surface area contributed by atoms with Crippen LogP contribution in [0.5, 0.6) is 0 Å². The molecule has 0 amide bonds.